The van der Waals surface area contributed by atoms with Gasteiger partial charge in [0, 0.05) is 31.9 Å². The molecule has 0 fully saturated rings. The molecule has 0 aliphatic rings. The summed E-state index contributed by atoms with van der Waals surface area (Å²) in [4.78, 5) is 6.25. The zero-order valence-electron chi connectivity index (χ0n) is 11.5. The molecule has 5 nitrogen and oxygen atoms in total. The van der Waals surface area contributed by atoms with Crippen LogP contribution in [0.4, 0.5) is 0 Å². The molecule has 1 rings (SSSR count). The summed E-state index contributed by atoms with van der Waals surface area (Å²) in [5.74, 6) is 0.644. The van der Waals surface area contributed by atoms with Crippen LogP contribution in [0.3, 0.4) is 0 Å². The maximum Gasteiger partial charge on any atom is 0.212 e. The number of methoxy groups -OCH3 is 1. The molecule has 0 saturated heterocycles. The minimum atomic E-state index is 0.644. The van der Waals surface area contributed by atoms with Crippen LogP contribution in [0.15, 0.2) is 18.3 Å². The molecule has 0 radical (unpaired) electrons. The second-order valence-corrected chi connectivity index (χ2v) is 4.30. The predicted octanol–water partition coefficient (Wildman–Crippen LogP) is 0.758. The zero-order valence-corrected chi connectivity index (χ0v) is 11.5. The normalized spacial score (nSPS) is 10.9. The van der Waals surface area contributed by atoms with Gasteiger partial charge in [0.1, 0.15) is 0 Å². The minimum absolute atomic E-state index is 0.644. The van der Waals surface area contributed by atoms with Gasteiger partial charge in [-0.2, -0.15) is 0 Å². The van der Waals surface area contributed by atoms with Crippen molar-refractivity contribution < 1.29 is 9.47 Å². The number of hydrogen-bond donors (Lipinski definition) is 1. The Hall–Kier alpha value is -1.17. The molecule has 0 aliphatic heterocycles. The van der Waals surface area contributed by atoms with Crippen LogP contribution in [0.2, 0.25) is 0 Å². The van der Waals surface area contributed by atoms with Gasteiger partial charge in [0.2, 0.25) is 5.88 Å². The molecule has 5 heteroatoms. The zero-order chi connectivity index (χ0) is 13.2. The Morgan fingerprint density at radius 1 is 1.28 bits per heavy atom. The Kier molecular flexibility index (Phi) is 7.32. The first-order valence-electron chi connectivity index (χ1n) is 6.14. The van der Waals surface area contributed by atoms with Gasteiger partial charge >= 0.3 is 0 Å². The van der Waals surface area contributed by atoms with Crippen LogP contribution >= 0.6 is 0 Å². The molecule has 18 heavy (non-hydrogen) atoms. The third-order valence-corrected chi connectivity index (χ3v) is 2.44. The van der Waals surface area contributed by atoms with Gasteiger partial charge in [-0.15, -0.1) is 0 Å². The van der Waals surface area contributed by atoms with E-state index in [-0.39, 0.29) is 0 Å². The third kappa shape index (κ3) is 6.54. The number of nitrogens with zero attached hydrogens (tertiary/aromatic N) is 2. The summed E-state index contributed by atoms with van der Waals surface area (Å²) >= 11 is 0. The second kappa shape index (κ2) is 8.85. The lowest BCUT2D eigenvalue weighted by Gasteiger charge is -2.10. The molecule has 0 amide bonds. The van der Waals surface area contributed by atoms with Gasteiger partial charge < -0.3 is 19.7 Å². The first-order chi connectivity index (χ1) is 8.72. The average Bonchev–Trinajstić information content (AvgIpc) is 2.38. The summed E-state index contributed by atoms with van der Waals surface area (Å²) in [6, 6.07) is 3.87. The summed E-state index contributed by atoms with van der Waals surface area (Å²) in [7, 11) is 5.70. The SMILES string of the molecule is COc1ccc(CNCCOCCN(C)C)cn1. The fraction of sp³-hybridized carbons (Fsp3) is 0.615. The molecule has 102 valence electrons. The van der Waals surface area contributed by atoms with Crippen LogP contribution in [0.5, 0.6) is 5.88 Å². The monoisotopic (exact) mass is 253 g/mol. The second-order valence-electron chi connectivity index (χ2n) is 4.30. The van der Waals surface area contributed by atoms with Crippen molar-refractivity contribution in [3.63, 3.8) is 0 Å². The molecule has 1 N–H and O–H groups in total. The van der Waals surface area contributed by atoms with E-state index < -0.39 is 0 Å². The van der Waals surface area contributed by atoms with E-state index in [1.54, 1.807) is 7.11 Å². The van der Waals surface area contributed by atoms with Gasteiger partial charge in [-0.05, 0) is 19.7 Å². The Labute approximate surface area is 109 Å². The number of rotatable bonds is 9. The molecule has 0 spiro atoms. The first-order valence-corrected chi connectivity index (χ1v) is 6.14. The van der Waals surface area contributed by atoms with Crippen LogP contribution in [0.1, 0.15) is 5.56 Å². The highest BCUT2D eigenvalue weighted by atomic mass is 16.5. The van der Waals surface area contributed by atoms with E-state index >= 15 is 0 Å². The Morgan fingerprint density at radius 3 is 2.72 bits per heavy atom. The number of nitrogens with one attached hydrogen (secondary N) is 1. The first kappa shape index (κ1) is 14.9. The Bertz CT molecular complexity index is 315. The van der Waals surface area contributed by atoms with Crippen molar-refractivity contribution in [2.75, 3.05) is 47.5 Å². The average molecular weight is 253 g/mol. The van der Waals surface area contributed by atoms with Gasteiger partial charge in [-0.3, -0.25) is 0 Å². The fourth-order valence-electron chi connectivity index (χ4n) is 1.36. The smallest absolute Gasteiger partial charge is 0.212 e. The largest absolute Gasteiger partial charge is 0.481 e. The highest BCUT2D eigenvalue weighted by Gasteiger charge is 1.95. The van der Waals surface area contributed by atoms with Crippen molar-refractivity contribution in [2.45, 2.75) is 6.54 Å². The van der Waals surface area contributed by atoms with Crippen LogP contribution in [-0.4, -0.2) is 57.4 Å². The van der Waals surface area contributed by atoms with Crippen LogP contribution in [-0.2, 0) is 11.3 Å². The topological polar surface area (TPSA) is 46.6 Å². The lowest BCUT2D eigenvalue weighted by molar-refractivity contribution is 0.119. The van der Waals surface area contributed by atoms with E-state index in [1.165, 1.54) is 0 Å². The van der Waals surface area contributed by atoms with Crippen molar-refractivity contribution in [3.8, 4) is 5.88 Å². The molecule has 1 aromatic rings. The molecule has 0 atom stereocenters. The number of hydrogen-bond acceptors (Lipinski definition) is 5. The maximum absolute atomic E-state index is 5.48. The van der Waals surface area contributed by atoms with Gasteiger partial charge in [0.05, 0.1) is 20.3 Å². The van der Waals surface area contributed by atoms with Gasteiger partial charge in [-0.1, -0.05) is 6.07 Å². The summed E-state index contributed by atoms with van der Waals surface area (Å²) in [6.07, 6.45) is 1.82. The van der Waals surface area contributed by atoms with Gasteiger partial charge in [0.15, 0.2) is 0 Å². The van der Waals surface area contributed by atoms with E-state index in [1.807, 2.05) is 32.4 Å². The molecule has 0 saturated carbocycles. The van der Waals surface area contributed by atoms with Crippen molar-refractivity contribution in [2.24, 2.45) is 0 Å². The van der Waals surface area contributed by atoms with Crippen molar-refractivity contribution in [3.05, 3.63) is 23.9 Å². The molecule has 0 unspecified atom stereocenters. The van der Waals surface area contributed by atoms with Gasteiger partial charge in [-0.25, -0.2) is 4.98 Å². The molecular weight excluding hydrogens is 230 g/mol. The highest BCUT2D eigenvalue weighted by molar-refractivity contribution is 5.17. The molecular formula is C13H23N3O2. The Balaban J connectivity index is 2.03. The third-order valence-electron chi connectivity index (χ3n) is 2.44. The van der Waals surface area contributed by atoms with Crippen LogP contribution in [0, 0.1) is 0 Å². The predicted molar refractivity (Wildman–Crippen MR) is 71.9 cm³/mol. The standard InChI is InChI=1S/C13H23N3O2/c1-16(2)7-9-18-8-6-14-10-12-4-5-13(17-3)15-11-12/h4-5,11,14H,6-10H2,1-3H3. The fourth-order valence-corrected chi connectivity index (χ4v) is 1.36. The van der Waals surface area contributed by atoms with Crippen molar-refractivity contribution in [1.29, 1.82) is 0 Å². The summed E-state index contributed by atoms with van der Waals surface area (Å²) < 4.78 is 10.5. The molecule has 0 aromatic carbocycles. The van der Waals surface area contributed by atoms with Crippen LogP contribution in [0.25, 0.3) is 0 Å². The Morgan fingerprint density at radius 2 is 2.11 bits per heavy atom. The lowest BCUT2D eigenvalue weighted by atomic mass is 10.3. The van der Waals surface area contributed by atoms with Crippen molar-refractivity contribution in [1.82, 2.24) is 15.2 Å². The van der Waals surface area contributed by atoms with Crippen LogP contribution < -0.4 is 10.1 Å². The maximum atomic E-state index is 5.48. The van der Waals surface area contributed by atoms with E-state index in [9.17, 15) is 0 Å². The molecule has 0 bridgehead atoms. The number of aromatic nitrogens is 1. The van der Waals surface area contributed by atoms with E-state index in [2.05, 4.69) is 15.2 Å². The molecule has 1 heterocycles. The summed E-state index contributed by atoms with van der Waals surface area (Å²) in [5, 5.41) is 3.31. The van der Waals surface area contributed by atoms with E-state index in [0.717, 1.165) is 38.4 Å². The summed E-state index contributed by atoms with van der Waals surface area (Å²) in [5.41, 5.74) is 1.14. The molecule has 1 aromatic heterocycles. The minimum Gasteiger partial charge on any atom is -0.481 e. The van der Waals surface area contributed by atoms with Crippen molar-refractivity contribution >= 4 is 0 Å². The number of likely N-dealkylation sites (N-methyl/N-ethyl adjacent to an activating group) is 1. The van der Waals surface area contributed by atoms with E-state index in [0.29, 0.717) is 5.88 Å². The molecule has 0 aliphatic carbocycles. The number of pyridine rings is 1. The highest BCUT2D eigenvalue weighted by Crippen LogP contribution is 2.05. The lowest BCUT2D eigenvalue weighted by Crippen LogP contribution is -2.23. The van der Waals surface area contributed by atoms with Gasteiger partial charge in [0.25, 0.3) is 0 Å². The number of ether oxygens (including phenoxy) is 2. The van der Waals surface area contributed by atoms with E-state index in [4.69, 9.17) is 9.47 Å². The summed E-state index contributed by atoms with van der Waals surface area (Å²) in [6.45, 7) is 4.12. The quantitative estimate of drug-likeness (QED) is 0.658.